The molecular formula is C11H18F3NO3. The summed E-state index contributed by atoms with van der Waals surface area (Å²) in [6, 6.07) is 0. The zero-order valence-corrected chi connectivity index (χ0v) is 10.4. The molecule has 0 saturated carbocycles. The Bertz CT molecular complexity index is 298. The van der Waals surface area contributed by atoms with Crippen molar-refractivity contribution in [1.82, 2.24) is 5.32 Å². The fourth-order valence-electron chi connectivity index (χ4n) is 2.41. The van der Waals surface area contributed by atoms with Gasteiger partial charge in [0.25, 0.3) is 0 Å². The third-order valence-electron chi connectivity index (χ3n) is 4.01. The predicted octanol–water partition coefficient (Wildman–Crippen LogP) is 1.80. The number of carboxylic acid groups (broad SMARTS) is 1. The largest absolute Gasteiger partial charge is 0.490 e. The molecule has 2 heterocycles. The summed E-state index contributed by atoms with van der Waals surface area (Å²) >= 11 is 0. The second kappa shape index (κ2) is 5.05. The molecule has 0 aromatic rings. The van der Waals surface area contributed by atoms with Crippen LogP contribution in [0.4, 0.5) is 13.2 Å². The van der Waals surface area contributed by atoms with E-state index in [9.17, 15) is 13.2 Å². The van der Waals surface area contributed by atoms with Gasteiger partial charge in [-0.2, -0.15) is 13.2 Å². The number of hydrogen-bond acceptors (Lipinski definition) is 3. The number of ether oxygens (including phenoxy) is 1. The summed E-state index contributed by atoms with van der Waals surface area (Å²) in [5.74, 6) is -2.76. The normalized spacial score (nSPS) is 23.4. The molecule has 0 aromatic heterocycles. The first kappa shape index (κ1) is 15.2. The van der Waals surface area contributed by atoms with Crippen molar-refractivity contribution in [3.05, 3.63) is 0 Å². The molecule has 18 heavy (non-hydrogen) atoms. The van der Waals surface area contributed by atoms with E-state index < -0.39 is 12.1 Å². The fraction of sp³-hybridized carbons (Fsp3) is 0.909. The summed E-state index contributed by atoms with van der Waals surface area (Å²) in [4.78, 5) is 8.90. The first-order chi connectivity index (χ1) is 8.23. The molecular weight excluding hydrogens is 251 g/mol. The number of hydrogen-bond donors (Lipinski definition) is 2. The molecule has 1 spiro atoms. The molecule has 0 amide bonds. The van der Waals surface area contributed by atoms with Crippen LogP contribution in [0.2, 0.25) is 0 Å². The standard InChI is InChI=1S/C9H17NO.C2HF3O2/c1-3-8(4-2)7-11-9(8)5-10-6-9;3-2(4,5)1(6)7/h10H,3-7H2,1-2H3;(H,6,7). The molecule has 4 nitrogen and oxygen atoms in total. The summed E-state index contributed by atoms with van der Waals surface area (Å²) in [5.41, 5.74) is 0.759. The van der Waals surface area contributed by atoms with Gasteiger partial charge >= 0.3 is 12.1 Å². The van der Waals surface area contributed by atoms with Gasteiger partial charge in [0.1, 0.15) is 5.60 Å². The van der Waals surface area contributed by atoms with E-state index in [0.717, 1.165) is 19.7 Å². The third kappa shape index (κ3) is 2.47. The smallest absolute Gasteiger partial charge is 0.475 e. The number of carbonyl (C=O) groups is 1. The highest BCUT2D eigenvalue weighted by atomic mass is 19.4. The molecule has 2 aliphatic rings. The number of aliphatic carboxylic acids is 1. The average molecular weight is 269 g/mol. The summed E-state index contributed by atoms with van der Waals surface area (Å²) < 4.78 is 37.4. The van der Waals surface area contributed by atoms with E-state index in [4.69, 9.17) is 14.6 Å². The Morgan fingerprint density at radius 1 is 1.33 bits per heavy atom. The van der Waals surface area contributed by atoms with E-state index >= 15 is 0 Å². The summed E-state index contributed by atoms with van der Waals surface area (Å²) in [7, 11) is 0. The second-order valence-corrected chi connectivity index (χ2v) is 4.68. The highest BCUT2D eigenvalue weighted by molar-refractivity contribution is 5.73. The van der Waals surface area contributed by atoms with Gasteiger partial charge in [-0.05, 0) is 12.8 Å². The summed E-state index contributed by atoms with van der Waals surface area (Å²) in [5, 5.41) is 10.4. The van der Waals surface area contributed by atoms with E-state index in [1.165, 1.54) is 12.8 Å². The molecule has 0 aromatic carbocycles. The van der Waals surface area contributed by atoms with Gasteiger partial charge in [0.2, 0.25) is 0 Å². The molecule has 2 rings (SSSR count). The van der Waals surface area contributed by atoms with Crippen molar-refractivity contribution in [2.75, 3.05) is 19.7 Å². The first-order valence-electron chi connectivity index (χ1n) is 5.88. The van der Waals surface area contributed by atoms with Crippen LogP contribution in [0.15, 0.2) is 0 Å². The van der Waals surface area contributed by atoms with Crippen LogP contribution in [0.3, 0.4) is 0 Å². The van der Waals surface area contributed by atoms with Gasteiger partial charge in [-0.25, -0.2) is 4.79 Å². The molecule has 0 aliphatic carbocycles. The molecule has 2 fully saturated rings. The minimum atomic E-state index is -5.08. The topological polar surface area (TPSA) is 58.6 Å². The molecule has 2 aliphatic heterocycles. The Balaban J connectivity index is 0.000000203. The Morgan fingerprint density at radius 3 is 1.83 bits per heavy atom. The van der Waals surface area contributed by atoms with Crippen LogP contribution < -0.4 is 5.32 Å². The average Bonchev–Trinajstić information content (AvgIpc) is 2.15. The van der Waals surface area contributed by atoms with Crippen LogP contribution in [0.1, 0.15) is 26.7 Å². The highest BCUT2D eigenvalue weighted by Crippen LogP contribution is 2.51. The van der Waals surface area contributed by atoms with Crippen molar-refractivity contribution >= 4 is 5.97 Å². The minimum Gasteiger partial charge on any atom is -0.475 e. The number of carboxylic acids is 1. The quantitative estimate of drug-likeness (QED) is 0.802. The van der Waals surface area contributed by atoms with E-state index in [2.05, 4.69) is 19.2 Å². The maximum atomic E-state index is 10.6. The fourth-order valence-corrected chi connectivity index (χ4v) is 2.41. The van der Waals surface area contributed by atoms with Crippen molar-refractivity contribution in [1.29, 1.82) is 0 Å². The molecule has 7 heteroatoms. The lowest BCUT2D eigenvalue weighted by Gasteiger charge is -2.63. The predicted molar refractivity (Wildman–Crippen MR) is 58.3 cm³/mol. The van der Waals surface area contributed by atoms with Gasteiger partial charge in [0.05, 0.1) is 6.61 Å². The van der Waals surface area contributed by atoms with Gasteiger partial charge < -0.3 is 15.2 Å². The zero-order chi connectivity index (χ0) is 14.0. The lowest BCUT2D eigenvalue weighted by atomic mass is 9.61. The van der Waals surface area contributed by atoms with Gasteiger partial charge in [-0.1, -0.05) is 13.8 Å². The van der Waals surface area contributed by atoms with Crippen molar-refractivity contribution in [2.24, 2.45) is 5.41 Å². The molecule has 106 valence electrons. The molecule has 2 N–H and O–H groups in total. The number of nitrogens with one attached hydrogen (secondary N) is 1. The van der Waals surface area contributed by atoms with Crippen LogP contribution in [-0.4, -0.2) is 42.5 Å². The van der Waals surface area contributed by atoms with E-state index in [1.807, 2.05) is 0 Å². The highest BCUT2D eigenvalue weighted by Gasteiger charge is 2.61. The molecule has 2 saturated heterocycles. The summed E-state index contributed by atoms with van der Waals surface area (Å²) in [6.45, 7) is 7.71. The van der Waals surface area contributed by atoms with Crippen LogP contribution in [0.25, 0.3) is 0 Å². The number of rotatable bonds is 2. The SMILES string of the molecule is CCC1(CC)COC12CNC2.O=C(O)C(F)(F)F. The Hall–Kier alpha value is -0.820. The van der Waals surface area contributed by atoms with Gasteiger partial charge in [0, 0.05) is 18.5 Å². The molecule has 0 radical (unpaired) electrons. The molecule has 0 atom stereocenters. The minimum absolute atomic E-state index is 0.247. The van der Waals surface area contributed by atoms with Crippen molar-refractivity contribution in [3.8, 4) is 0 Å². The van der Waals surface area contributed by atoms with E-state index in [0.29, 0.717) is 5.41 Å². The van der Waals surface area contributed by atoms with Crippen LogP contribution in [0, 0.1) is 5.41 Å². The van der Waals surface area contributed by atoms with Crippen LogP contribution in [-0.2, 0) is 9.53 Å². The van der Waals surface area contributed by atoms with Crippen molar-refractivity contribution in [2.45, 2.75) is 38.5 Å². The van der Waals surface area contributed by atoms with Gasteiger partial charge in [0.15, 0.2) is 0 Å². The van der Waals surface area contributed by atoms with Gasteiger partial charge in [-0.15, -0.1) is 0 Å². The maximum Gasteiger partial charge on any atom is 0.490 e. The Morgan fingerprint density at radius 2 is 1.78 bits per heavy atom. The third-order valence-corrected chi connectivity index (χ3v) is 4.01. The lowest BCUT2D eigenvalue weighted by Crippen LogP contribution is -2.77. The Labute approximate surface area is 103 Å². The van der Waals surface area contributed by atoms with Crippen LogP contribution >= 0.6 is 0 Å². The summed E-state index contributed by atoms with van der Waals surface area (Å²) in [6.07, 6.45) is -2.55. The Kier molecular flexibility index (Phi) is 4.27. The first-order valence-corrected chi connectivity index (χ1v) is 5.88. The maximum absolute atomic E-state index is 10.6. The second-order valence-electron chi connectivity index (χ2n) is 4.68. The lowest BCUT2D eigenvalue weighted by molar-refractivity contribution is -0.290. The van der Waals surface area contributed by atoms with Crippen LogP contribution in [0.5, 0.6) is 0 Å². The number of alkyl halides is 3. The zero-order valence-electron chi connectivity index (χ0n) is 10.4. The van der Waals surface area contributed by atoms with E-state index in [-0.39, 0.29) is 5.60 Å². The van der Waals surface area contributed by atoms with Gasteiger partial charge in [-0.3, -0.25) is 0 Å². The van der Waals surface area contributed by atoms with E-state index in [1.54, 1.807) is 0 Å². The molecule has 0 bridgehead atoms. The van der Waals surface area contributed by atoms with Crippen molar-refractivity contribution in [3.63, 3.8) is 0 Å². The monoisotopic (exact) mass is 269 g/mol. The molecule has 0 unspecified atom stereocenters. The number of halogens is 3. The van der Waals surface area contributed by atoms with Crippen molar-refractivity contribution < 1.29 is 27.8 Å².